The zero-order chi connectivity index (χ0) is 36.0. The van der Waals surface area contributed by atoms with E-state index in [1.807, 2.05) is 35.9 Å². The molecule has 0 unspecified atom stereocenters. The Morgan fingerprint density at radius 3 is 2.43 bits per heavy atom. The number of benzene rings is 2. The van der Waals surface area contributed by atoms with Gasteiger partial charge in [-0.1, -0.05) is 25.3 Å². The third-order valence-corrected chi connectivity index (χ3v) is 12.6. The van der Waals surface area contributed by atoms with Crippen LogP contribution in [0.4, 0.5) is 0 Å². The molecule has 3 aliphatic rings. The molecule has 2 fully saturated rings. The molecule has 0 radical (unpaired) electrons. The molecule has 2 saturated carbocycles. The van der Waals surface area contributed by atoms with Crippen molar-refractivity contribution in [3.05, 3.63) is 70.0 Å². The Kier molecular flexibility index (Phi) is 9.57. The number of carbonyl (C=O) groups is 2. The minimum Gasteiger partial charge on any atom is -0.497 e. The highest BCUT2D eigenvalue weighted by molar-refractivity contribution is 7.90. The van der Waals surface area contributed by atoms with Crippen LogP contribution in [-0.4, -0.2) is 65.2 Å². The lowest BCUT2D eigenvalue weighted by Crippen LogP contribution is -2.35. The van der Waals surface area contributed by atoms with E-state index in [0.717, 1.165) is 83.9 Å². The number of hydrogen-bond acceptors (Lipinski definition) is 7. The molecule has 0 saturated heterocycles. The zero-order valence-electron chi connectivity index (χ0n) is 29.8. The van der Waals surface area contributed by atoms with Crippen molar-refractivity contribution in [3.8, 4) is 17.0 Å². The SMILES string of the molecule is COc1ccc2c(c1)C=C(c1c(C(=O)NCCO)c(C)nn1C1CCC1)Cn1c-2c(C2CCCCC2)c2ccc(C(=O)NS(=O)(=O)C(C)C)cc21. The quantitative estimate of drug-likeness (QED) is 0.174. The van der Waals surface area contributed by atoms with E-state index in [1.165, 1.54) is 25.8 Å². The van der Waals surface area contributed by atoms with E-state index in [4.69, 9.17) is 9.84 Å². The van der Waals surface area contributed by atoms with E-state index in [1.54, 1.807) is 13.2 Å². The van der Waals surface area contributed by atoms with Gasteiger partial charge in [-0.25, -0.2) is 13.1 Å². The molecule has 3 N–H and O–H groups in total. The molecule has 2 aliphatic carbocycles. The summed E-state index contributed by atoms with van der Waals surface area (Å²) in [5.74, 6) is 0.0564. The second-order valence-corrected chi connectivity index (χ2v) is 16.6. The Labute approximate surface area is 299 Å². The van der Waals surface area contributed by atoms with Crippen LogP contribution in [0.25, 0.3) is 33.8 Å². The molecular formula is C39H47N5O6S. The molecule has 0 atom stereocenters. The number of aryl methyl sites for hydroxylation is 1. The number of allylic oxidation sites excluding steroid dienone is 1. The lowest BCUT2D eigenvalue weighted by molar-refractivity contribution is 0.0942. The molecule has 11 nitrogen and oxygen atoms in total. The maximum atomic E-state index is 13.8. The predicted molar refractivity (Wildman–Crippen MR) is 198 cm³/mol. The molecule has 0 bridgehead atoms. The number of carbonyl (C=O) groups excluding carboxylic acids is 2. The first kappa shape index (κ1) is 35.0. The fraction of sp³-hybridized carbons (Fsp3) is 0.462. The van der Waals surface area contributed by atoms with Crippen LogP contribution in [-0.2, 0) is 16.6 Å². The molecule has 2 aromatic carbocycles. The number of rotatable bonds is 10. The van der Waals surface area contributed by atoms with Gasteiger partial charge in [0.2, 0.25) is 10.0 Å². The van der Waals surface area contributed by atoms with Gasteiger partial charge in [-0.05, 0) is 112 Å². The third kappa shape index (κ3) is 6.37. The second-order valence-electron chi connectivity index (χ2n) is 14.4. The van der Waals surface area contributed by atoms with Gasteiger partial charge in [0, 0.05) is 28.6 Å². The number of fused-ring (bicyclic) bond motifs is 5. The van der Waals surface area contributed by atoms with Crippen LogP contribution < -0.4 is 14.8 Å². The summed E-state index contributed by atoms with van der Waals surface area (Å²) in [5.41, 5.74) is 8.08. The molecule has 3 heterocycles. The largest absolute Gasteiger partial charge is 0.497 e. The molecule has 7 rings (SSSR count). The molecule has 270 valence electrons. The Morgan fingerprint density at radius 1 is 1.00 bits per heavy atom. The van der Waals surface area contributed by atoms with Crippen molar-refractivity contribution < 1.29 is 27.9 Å². The minimum atomic E-state index is -3.84. The van der Waals surface area contributed by atoms with Crippen LogP contribution in [0.5, 0.6) is 5.75 Å². The topological polar surface area (TPSA) is 145 Å². The molecular weight excluding hydrogens is 667 g/mol. The Morgan fingerprint density at radius 2 is 1.76 bits per heavy atom. The van der Waals surface area contributed by atoms with Gasteiger partial charge in [0.05, 0.1) is 54.2 Å². The van der Waals surface area contributed by atoms with Crippen LogP contribution in [0.3, 0.4) is 0 Å². The fourth-order valence-corrected chi connectivity index (χ4v) is 8.52. The number of aliphatic hydroxyl groups excluding tert-OH is 1. The monoisotopic (exact) mass is 713 g/mol. The van der Waals surface area contributed by atoms with Crippen LogP contribution in [0, 0.1) is 6.92 Å². The molecule has 12 heteroatoms. The number of nitrogens with zero attached hydrogens (tertiary/aromatic N) is 3. The summed E-state index contributed by atoms with van der Waals surface area (Å²) in [4.78, 5) is 27.3. The summed E-state index contributed by atoms with van der Waals surface area (Å²) in [6.45, 7) is 5.26. The van der Waals surface area contributed by atoms with Gasteiger partial charge in [-0.3, -0.25) is 14.3 Å². The Hall–Kier alpha value is -4.42. The van der Waals surface area contributed by atoms with Crippen molar-refractivity contribution in [2.45, 2.75) is 95.9 Å². The molecule has 1 aliphatic heterocycles. The van der Waals surface area contributed by atoms with Crippen molar-refractivity contribution in [1.82, 2.24) is 24.4 Å². The van der Waals surface area contributed by atoms with Crippen LogP contribution in [0.2, 0.25) is 0 Å². The fourth-order valence-electron chi connectivity index (χ4n) is 7.91. The Balaban J connectivity index is 1.49. The lowest BCUT2D eigenvalue weighted by Gasteiger charge is -2.28. The van der Waals surface area contributed by atoms with Crippen molar-refractivity contribution in [2.75, 3.05) is 20.3 Å². The van der Waals surface area contributed by atoms with Gasteiger partial charge in [-0.2, -0.15) is 5.10 Å². The summed E-state index contributed by atoms with van der Waals surface area (Å²) in [6, 6.07) is 11.8. The third-order valence-electron chi connectivity index (χ3n) is 10.8. The molecule has 0 spiro atoms. The summed E-state index contributed by atoms with van der Waals surface area (Å²) in [7, 11) is -2.19. The summed E-state index contributed by atoms with van der Waals surface area (Å²) in [6.07, 6.45) is 10.7. The van der Waals surface area contributed by atoms with Gasteiger partial charge < -0.3 is 19.7 Å². The number of hydrogen-bond donors (Lipinski definition) is 3. The van der Waals surface area contributed by atoms with Gasteiger partial charge in [0.25, 0.3) is 11.8 Å². The van der Waals surface area contributed by atoms with Crippen LogP contribution in [0.1, 0.15) is 120 Å². The highest BCUT2D eigenvalue weighted by Crippen LogP contribution is 2.48. The number of nitrogens with one attached hydrogen (secondary N) is 2. The minimum absolute atomic E-state index is 0.125. The summed E-state index contributed by atoms with van der Waals surface area (Å²) >= 11 is 0. The van der Waals surface area contributed by atoms with E-state index in [2.05, 4.69) is 26.7 Å². The predicted octanol–water partition coefficient (Wildman–Crippen LogP) is 6.34. The van der Waals surface area contributed by atoms with Crippen molar-refractivity contribution in [3.63, 3.8) is 0 Å². The number of methoxy groups -OCH3 is 1. The van der Waals surface area contributed by atoms with E-state index in [0.29, 0.717) is 29.5 Å². The van der Waals surface area contributed by atoms with Crippen molar-refractivity contribution >= 4 is 44.4 Å². The zero-order valence-corrected chi connectivity index (χ0v) is 30.6. The first-order valence-electron chi connectivity index (χ1n) is 18.1. The summed E-state index contributed by atoms with van der Waals surface area (Å²) < 4.78 is 37.7. The van der Waals surface area contributed by atoms with E-state index >= 15 is 0 Å². The lowest BCUT2D eigenvalue weighted by atomic mass is 9.81. The normalized spacial score (nSPS) is 16.6. The van der Waals surface area contributed by atoms with E-state index in [-0.39, 0.29) is 30.7 Å². The van der Waals surface area contributed by atoms with Gasteiger partial charge in [-0.15, -0.1) is 0 Å². The number of aromatic nitrogens is 3. The number of amides is 2. The summed E-state index contributed by atoms with van der Waals surface area (Å²) in [5, 5.41) is 17.6. The van der Waals surface area contributed by atoms with Gasteiger partial charge in [0.1, 0.15) is 5.75 Å². The number of ether oxygens (including phenoxy) is 1. The second kappa shape index (κ2) is 14.0. The van der Waals surface area contributed by atoms with E-state index < -0.39 is 21.2 Å². The van der Waals surface area contributed by atoms with Crippen molar-refractivity contribution in [2.24, 2.45) is 0 Å². The Bertz CT molecular complexity index is 2150. The maximum absolute atomic E-state index is 13.8. The molecule has 2 amide bonds. The molecule has 2 aromatic heterocycles. The van der Waals surface area contributed by atoms with Gasteiger partial charge in [0.15, 0.2) is 0 Å². The highest BCUT2D eigenvalue weighted by Gasteiger charge is 2.34. The highest BCUT2D eigenvalue weighted by atomic mass is 32.2. The first-order chi connectivity index (χ1) is 24.5. The number of aliphatic hydroxyl groups is 1. The van der Waals surface area contributed by atoms with Crippen LogP contribution in [0.15, 0.2) is 36.4 Å². The van der Waals surface area contributed by atoms with Crippen molar-refractivity contribution in [1.29, 1.82) is 0 Å². The number of sulfonamides is 1. The first-order valence-corrected chi connectivity index (χ1v) is 19.7. The average molecular weight is 714 g/mol. The average Bonchev–Trinajstić information content (AvgIpc) is 3.53. The smallest absolute Gasteiger partial charge is 0.264 e. The molecule has 51 heavy (non-hydrogen) atoms. The maximum Gasteiger partial charge on any atom is 0.264 e. The van der Waals surface area contributed by atoms with Crippen LogP contribution >= 0.6 is 0 Å². The van der Waals surface area contributed by atoms with Gasteiger partial charge >= 0.3 is 0 Å². The van der Waals surface area contributed by atoms with E-state index in [9.17, 15) is 23.1 Å². The standard InChI is InChI=1S/C39H47N5O6S/c1-23(2)51(48,49)42-38(46)26-13-15-32-33(21-26)43-22-28(36-34(39(47)40-17-18-45)24(3)41-44(36)29-11-8-12-29)19-27-20-30(50-4)14-16-31(27)37(43)35(32)25-9-6-5-7-10-25/h13-16,19-21,23,25,29,45H,5-12,17-18,22H2,1-4H3,(H,40,47)(H,42,46). The molecule has 4 aromatic rings.